The molecular formula is C15H22FNO3. The Morgan fingerprint density at radius 1 is 1.20 bits per heavy atom. The third kappa shape index (κ3) is 4.00. The van der Waals surface area contributed by atoms with Crippen LogP contribution < -0.4 is 19.5 Å². The lowest BCUT2D eigenvalue weighted by Gasteiger charge is -2.16. The van der Waals surface area contributed by atoms with E-state index in [0.717, 1.165) is 12.1 Å². The van der Waals surface area contributed by atoms with E-state index in [1.807, 2.05) is 12.1 Å². The number of hydrogen-bond acceptors (Lipinski definition) is 4. The molecule has 2 rings (SSSR count). The van der Waals surface area contributed by atoms with Crippen LogP contribution in [0.25, 0.3) is 0 Å². The van der Waals surface area contributed by atoms with E-state index < -0.39 is 6.67 Å². The fourth-order valence-corrected chi connectivity index (χ4v) is 1.96. The van der Waals surface area contributed by atoms with Crippen LogP contribution in [0.3, 0.4) is 0 Å². The number of alkyl halides is 1. The Balaban J connectivity index is 2.11. The zero-order valence-electron chi connectivity index (χ0n) is 12.1. The van der Waals surface area contributed by atoms with Crippen LogP contribution >= 0.6 is 0 Å². The minimum absolute atomic E-state index is 0.308. The lowest BCUT2D eigenvalue weighted by atomic mass is 10.1. The Morgan fingerprint density at radius 2 is 1.85 bits per heavy atom. The summed E-state index contributed by atoms with van der Waals surface area (Å²) in [6, 6.07) is 4.51. The molecule has 0 spiro atoms. The molecular weight excluding hydrogens is 261 g/mol. The predicted octanol–water partition coefficient (Wildman–Crippen LogP) is 2.69. The van der Waals surface area contributed by atoms with Gasteiger partial charge in [-0.1, -0.05) is 0 Å². The summed E-state index contributed by atoms with van der Waals surface area (Å²) in [5.41, 5.74) is 1.09. The molecule has 0 aromatic heterocycles. The van der Waals surface area contributed by atoms with E-state index in [0.29, 0.717) is 36.3 Å². The van der Waals surface area contributed by atoms with Crippen molar-refractivity contribution in [2.45, 2.75) is 31.8 Å². The Hall–Kier alpha value is -1.49. The van der Waals surface area contributed by atoms with Gasteiger partial charge in [-0.25, -0.2) is 0 Å². The van der Waals surface area contributed by atoms with Gasteiger partial charge in [-0.3, -0.25) is 4.39 Å². The summed E-state index contributed by atoms with van der Waals surface area (Å²) in [5.74, 6) is 1.78. The molecule has 1 saturated carbocycles. The molecule has 0 unspecified atom stereocenters. The lowest BCUT2D eigenvalue weighted by molar-refractivity contribution is 0.258. The summed E-state index contributed by atoms with van der Waals surface area (Å²) in [6.45, 7) is 0.694. The van der Waals surface area contributed by atoms with E-state index in [4.69, 9.17) is 14.2 Å². The molecule has 112 valence electrons. The zero-order valence-corrected chi connectivity index (χ0v) is 12.1. The predicted molar refractivity (Wildman–Crippen MR) is 75.5 cm³/mol. The first-order valence-corrected chi connectivity index (χ1v) is 6.95. The first kappa shape index (κ1) is 14.9. The first-order chi connectivity index (χ1) is 9.78. The van der Waals surface area contributed by atoms with E-state index in [-0.39, 0.29) is 0 Å². The van der Waals surface area contributed by atoms with Crippen LogP contribution in [0.1, 0.15) is 24.8 Å². The average molecular weight is 283 g/mol. The van der Waals surface area contributed by atoms with Gasteiger partial charge < -0.3 is 19.5 Å². The van der Waals surface area contributed by atoms with Crippen LogP contribution in [0, 0.1) is 0 Å². The molecule has 0 atom stereocenters. The Morgan fingerprint density at radius 3 is 2.35 bits per heavy atom. The molecule has 0 aliphatic heterocycles. The maximum absolute atomic E-state index is 12.2. The lowest BCUT2D eigenvalue weighted by Crippen LogP contribution is -2.15. The molecule has 0 radical (unpaired) electrons. The van der Waals surface area contributed by atoms with Crippen molar-refractivity contribution in [3.63, 3.8) is 0 Å². The van der Waals surface area contributed by atoms with Crippen molar-refractivity contribution in [3.05, 3.63) is 17.7 Å². The molecule has 4 nitrogen and oxygen atoms in total. The van der Waals surface area contributed by atoms with E-state index in [2.05, 4.69) is 5.32 Å². The van der Waals surface area contributed by atoms with Crippen LogP contribution in [-0.4, -0.2) is 33.5 Å². The molecule has 5 heteroatoms. The average Bonchev–Trinajstić information content (AvgIpc) is 3.29. The minimum atomic E-state index is -0.395. The van der Waals surface area contributed by atoms with Gasteiger partial charge in [0.15, 0.2) is 11.5 Å². The van der Waals surface area contributed by atoms with Gasteiger partial charge in [0.05, 0.1) is 27.5 Å². The fraction of sp³-hybridized carbons (Fsp3) is 0.600. The van der Waals surface area contributed by atoms with Crippen LogP contribution in [0.2, 0.25) is 0 Å². The molecule has 1 fully saturated rings. The standard InChI is InChI=1S/C15H22FNO3/c1-18-13-8-11(10-17-12-4-5-12)9-14(19-2)15(13)20-7-3-6-16/h8-9,12,17H,3-7,10H2,1-2H3. The third-order valence-electron chi connectivity index (χ3n) is 3.22. The second-order valence-electron chi connectivity index (χ2n) is 4.88. The number of rotatable bonds is 9. The number of ether oxygens (including phenoxy) is 3. The van der Waals surface area contributed by atoms with Crippen LogP contribution in [-0.2, 0) is 6.54 Å². The molecule has 1 aromatic rings. The molecule has 0 bridgehead atoms. The largest absolute Gasteiger partial charge is 0.493 e. The third-order valence-corrected chi connectivity index (χ3v) is 3.22. The summed E-state index contributed by atoms with van der Waals surface area (Å²) in [7, 11) is 3.18. The summed E-state index contributed by atoms with van der Waals surface area (Å²) < 4.78 is 28.4. The maximum Gasteiger partial charge on any atom is 0.203 e. The van der Waals surface area contributed by atoms with Gasteiger partial charge in [0, 0.05) is 19.0 Å². The van der Waals surface area contributed by atoms with Gasteiger partial charge >= 0.3 is 0 Å². The van der Waals surface area contributed by atoms with Gasteiger partial charge in [-0.15, -0.1) is 0 Å². The topological polar surface area (TPSA) is 39.7 Å². The van der Waals surface area contributed by atoms with Gasteiger partial charge in [0.25, 0.3) is 0 Å². The Kier molecular flexibility index (Phi) is 5.47. The van der Waals surface area contributed by atoms with Crippen molar-refractivity contribution in [2.24, 2.45) is 0 Å². The summed E-state index contributed by atoms with van der Waals surface area (Å²) in [5, 5.41) is 3.45. The van der Waals surface area contributed by atoms with E-state index in [1.165, 1.54) is 12.8 Å². The number of benzene rings is 1. The highest BCUT2D eigenvalue weighted by molar-refractivity contribution is 5.53. The molecule has 1 aliphatic rings. The summed E-state index contributed by atoms with van der Waals surface area (Å²) >= 11 is 0. The van der Waals surface area contributed by atoms with E-state index >= 15 is 0 Å². The first-order valence-electron chi connectivity index (χ1n) is 6.95. The van der Waals surface area contributed by atoms with Crippen LogP contribution in [0.4, 0.5) is 4.39 Å². The normalized spacial score (nSPS) is 14.2. The number of nitrogens with one attached hydrogen (secondary N) is 1. The molecule has 0 saturated heterocycles. The van der Waals surface area contributed by atoms with Crippen molar-refractivity contribution in [2.75, 3.05) is 27.5 Å². The van der Waals surface area contributed by atoms with E-state index in [1.54, 1.807) is 14.2 Å². The number of methoxy groups -OCH3 is 2. The van der Waals surface area contributed by atoms with Crippen molar-refractivity contribution < 1.29 is 18.6 Å². The molecule has 1 N–H and O–H groups in total. The molecule has 1 aliphatic carbocycles. The second kappa shape index (κ2) is 7.33. The van der Waals surface area contributed by atoms with Crippen LogP contribution in [0.15, 0.2) is 12.1 Å². The summed E-state index contributed by atoms with van der Waals surface area (Å²) in [4.78, 5) is 0. The monoisotopic (exact) mass is 283 g/mol. The van der Waals surface area contributed by atoms with Gasteiger partial charge in [0.2, 0.25) is 5.75 Å². The second-order valence-corrected chi connectivity index (χ2v) is 4.88. The highest BCUT2D eigenvalue weighted by Gasteiger charge is 2.21. The zero-order chi connectivity index (χ0) is 14.4. The van der Waals surface area contributed by atoms with Crippen LogP contribution in [0.5, 0.6) is 17.2 Å². The number of hydrogen-bond donors (Lipinski definition) is 1. The molecule has 0 heterocycles. The Bertz CT molecular complexity index is 410. The fourth-order valence-electron chi connectivity index (χ4n) is 1.96. The van der Waals surface area contributed by atoms with Crippen molar-refractivity contribution >= 4 is 0 Å². The van der Waals surface area contributed by atoms with Gasteiger partial charge in [-0.2, -0.15) is 0 Å². The van der Waals surface area contributed by atoms with Crippen molar-refractivity contribution in [1.82, 2.24) is 5.32 Å². The maximum atomic E-state index is 12.2. The SMILES string of the molecule is COc1cc(CNC2CC2)cc(OC)c1OCCCF. The number of halogens is 1. The highest BCUT2D eigenvalue weighted by Crippen LogP contribution is 2.38. The molecule has 20 heavy (non-hydrogen) atoms. The van der Waals surface area contributed by atoms with Gasteiger partial charge in [-0.05, 0) is 30.5 Å². The van der Waals surface area contributed by atoms with Gasteiger partial charge in [0.1, 0.15) is 0 Å². The quantitative estimate of drug-likeness (QED) is 0.707. The molecule has 0 amide bonds. The Labute approximate surface area is 119 Å². The van der Waals surface area contributed by atoms with Crippen molar-refractivity contribution in [1.29, 1.82) is 0 Å². The summed E-state index contributed by atoms with van der Waals surface area (Å²) in [6.07, 6.45) is 2.86. The highest BCUT2D eigenvalue weighted by atomic mass is 19.1. The van der Waals surface area contributed by atoms with Crippen molar-refractivity contribution in [3.8, 4) is 17.2 Å². The van der Waals surface area contributed by atoms with E-state index in [9.17, 15) is 4.39 Å². The minimum Gasteiger partial charge on any atom is -0.493 e. The molecule has 1 aromatic carbocycles. The smallest absolute Gasteiger partial charge is 0.203 e.